The van der Waals surface area contributed by atoms with Crippen molar-refractivity contribution in [2.45, 2.75) is 102 Å². The first-order valence-electron chi connectivity index (χ1n) is 11.9. The third-order valence-corrected chi connectivity index (χ3v) is 7.48. The van der Waals surface area contributed by atoms with Crippen LogP contribution in [0.15, 0.2) is 29.2 Å². The minimum atomic E-state index is -3.73. The van der Waals surface area contributed by atoms with Gasteiger partial charge in [-0.15, -0.1) is 0 Å². The number of unbranched alkanes of at least 4 members (excludes halogenated alkanes) is 9. The van der Waals surface area contributed by atoms with Gasteiger partial charge in [-0.25, -0.2) is 0 Å². The van der Waals surface area contributed by atoms with E-state index in [0.29, 0.717) is 0 Å². The molecule has 1 saturated heterocycles. The average Bonchev–Trinajstić information content (AvgIpc) is 2.70. The second-order valence-electron chi connectivity index (χ2n) is 8.81. The fraction of sp³-hybridized carbons (Fsp3) is 0.750. The Bertz CT molecular complexity index is 664. The minimum Gasteiger partial charge on any atom is -0.189 e. The number of hydrogen-bond donors (Lipinski definition) is 0. The van der Waals surface area contributed by atoms with E-state index in [9.17, 15) is 8.42 Å². The predicted octanol–water partition coefficient (Wildman–Crippen LogP) is 6.54. The number of likely N-dealkylation sites (tertiary alicyclic amines) is 1. The van der Waals surface area contributed by atoms with E-state index in [4.69, 9.17) is 4.28 Å². The van der Waals surface area contributed by atoms with Crippen LogP contribution in [0.5, 0.6) is 0 Å². The van der Waals surface area contributed by atoms with Gasteiger partial charge in [-0.1, -0.05) is 80.3 Å². The van der Waals surface area contributed by atoms with E-state index in [1.807, 2.05) is 19.1 Å². The summed E-state index contributed by atoms with van der Waals surface area (Å²) < 4.78 is 31.9. The molecule has 5 heteroatoms. The van der Waals surface area contributed by atoms with Crippen LogP contribution in [0, 0.1) is 6.92 Å². The van der Waals surface area contributed by atoms with Crippen LogP contribution in [0.1, 0.15) is 96.0 Å². The van der Waals surface area contributed by atoms with Crippen molar-refractivity contribution in [1.82, 2.24) is 0 Å². The highest BCUT2D eigenvalue weighted by molar-refractivity contribution is 7.86. The summed E-state index contributed by atoms with van der Waals surface area (Å²) in [6.45, 7) is 6.64. The number of quaternary nitrogens is 1. The quantitative estimate of drug-likeness (QED) is 0.252. The van der Waals surface area contributed by atoms with E-state index >= 15 is 0 Å². The molecule has 1 fully saturated rings. The van der Waals surface area contributed by atoms with E-state index in [1.165, 1.54) is 64.2 Å². The normalized spacial score (nSPS) is 16.8. The van der Waals surface area contributed by atoms with E-state index in [2.05, 4.69) is 6.92 Å². The Morgan fingerprint density at radius 2 is 1.31 bits per heavy atom. The Balaban J connectivity index is 1.78. The largest absolute Gasteiger partial charge is 0.342 e. The standard InChI is InChI=1S/C24H42NO3S/c1-3-4-5-6-7-8-9-10-11-13-20-25(21-14-12-15-22-25)28-29(26,27)24-18-16-23(2)17-19-24/h16-19H,3-15,20-22H2,1-2H3/q+1. The molecule has 0 unspecified atom stereocenters. The SMILES string of the molecule is CCCCCCCCCCCC[N+]1(OS(=O)(=O)c2ccc(C)cc2)CCCCC1. The summed E-state index contributed by atoms with van der Waals surface area (Å²) in [7, 11) is -3.73. The third-order valence-electron chi connectivity index (χ3n) is 6.12. The molecule has 29 heavy (non-hydrogen) atoms. The van der Waals surface area contributed by atoms with Gasteiger partial charge in [0.05, 0.1) is 4.90 Å². The molecular weight excluding hydrogens is 382 g/mol. The molecule has 2 rings (SSSR count). The maximum Gasteiger partial charge on any atom is 0.342 e. The van der Waals surface area contributed by atoms with Crippen molar-refractivity contribution in [2.75, 3.05) is 19.6 Å². The van der Waals surface area contributed by atoms with Gasteiger partial charge in [0.15, 0.2) is 0 Å². The molecule has 0 saturated carbocycles. The van der Waals surface area contributed by atoms with E-state index in [1.54, 1.807) is 12.1 Å². The molecule has 4 nitrogen and oxygen atoms in total. The van der Waals surface area contributed by atoms with E-state index in [-0.39, 0.29) is 9.54 Å². The molecular formula is C24H42NO3S+. The van der Waals surface area contributed by atoms with Crippen molar-refractivity contribution < 1.29 is 17.3 Å². The fourth-order valence-electron chi connectivity index (χ4n) is 4.27. The second kappa shape index (κ2) is 12.7. The van der Waals surface area contributed by atoms with Gasteiger partial charge in [-0.2, -0.15) is 13.1 Å². The highest BCUT2D eigenvalue weighted by Gasteiger charge is 2.38. The molecule has 1 aromatic carbocycles. The first kappa shape index (κ1) is 24.4. The number of aryl methyl sites for hydroxylation is 1. The van der Waals surface area contributed by atoms with E-state index < -0.39 is 10.1 Å². The van der Waals surface area contributed by atoms with Gasteiger partial charge in [0, 0.05) is 0 Å². The molecule has 0 radical (unpaired) electrons. The Kier molecular flexibility index (Phi) is 10.7. The first-order chi connectivity index (χ1) is 14.0. The van der Waals surface area contributed by atoms with Crippen LogP contribution >= 0.6 is 0 Å². The zero-order valence-corrected chi connectivity index (χ0v) is 19.5. The van der Waals surface area contributed by atoms with E-state index in [0.717, 1.165) is 44.5 Å². The van der Waals surface area contributed by atoms with Crippen LogP contribution in [0.25, 0.3) is 0 Å². The van der Waals surface area contributed by atoms with Crippen molar-refractivity contribution in [3.8, 4) is 0 Å². The lowest BCUT2D eigenvalue weighted by Crippen LogP contribution is -2.53. The van der Waals surface area contributed by atoms with Gasteiger partial charge >= 0.3 is 10.1 Å². The lowest BCUT2D eigenvalue weighted by atomic mass is 10.1. The average molecular weight is 425 g/mol. The Morgan fingerprint density at radius 3 is 1.86 bits per heavy atom. The zero-order chi connectivity index (χ0) is 21.0. The number of nitrogens with zero attached hydrogens (tertiary/aromatic N) is 1. The second-order valence-corrected chi connectivity index (χ2v) is 10.3. The molecule has 1 aromatic rings. The molecule has 0 N–H and O–H groups in total. The Morgan fingerprint density at radius 1 is 0.793 bits per heavy atom. The molecule has 166 valence electrons. The van der Waals surface area contributed by atoms with Gasteiger partial charge in [0.25, 0.3) is 0 Å². The summed E-state index contributed by atoms with van der Waals surface area (Å²) >= 11 is 0. The van der Waals surface area contributed by atoms with Crippen LogP contribution in [0.2, 0.25) is 0 Å². The van der Waals surface area contributed by atoms with Crippen LogP contribution in [-0.2, 0) is 14.4 Å². The highest BCUT2D eigenvalue weighted by atomic mass is 32.2. The van der Waals surface area contributed by atoms with Gasteiger partial charge in [0.1, 0.15) is 19.6 Å². The summed E-state index contributed by atoms with van der Waals surface area (Å²) in [4.78, 5) is 0.272. The molecule has 0 spiro atoms. The summed E-state index contributed by atoms with van der Waals surface area (Å²) in [5, 5.41) is 0. The van der Waals surface area contributed by atoms with Crippen molar-refractivity contribution >= 4 is 10.1 Å². The maximum absolute atomic E-state index is 12.9. The Hall–Kier alpha value is -0.910. The monoisotopic (exact) mass is 424 g/mol. The number of hydrogen-bond acceptors (Lipinski definition) is 3. The molecule has 0 atom stereocenters. The molecule has 0 aliphatic carbocycles. The van der Waals surface area contributed by atoms with Gasteiger partial charge in [-0.05, 0) is 51.2 Å². The lowest BCUT2D eigenvalue weighted by Gasteiger charge is -2.37. The van der Waals surface area contributed by atoms with Crippen molar-refractivity contribution in [2.24, 2.45) is 0 Å². The highest BCUT2D eigenvalue weighted by Crippen LogP contribution is 2.26. The fourth-order valence-corrected chi connectivity index (χ4v) is 5.46. The molecule has 0 aromatic heterocycles. The smallest absolute Gasteiger partial charge is 0.189 e. The molecule has 1 heterocycles. The van der Waals surface area contributed by atoms with Crippen LogP contribution in [0.4, 0.5) is 0 Å². The lowest BCUT2D eigenvalue weighted by molar-refractivity contribution is -1.08. The maximum atomic E-state index is 12.9. The van der Waals surface area contributed by atoms with Gasteiger partial charge < -0.3 is 0 Å². The number of benzene rings is 1. The van der Waals surface area contributed by atoms with Crippen molar-refractivity contribution in [3.05, 3.63) is 29.8 Å². The topological polar surface area (TPSA) is 43.4 Å². The summed E-state index contributed by atoms with van der Waals surface area (Å²) in [6.07, 6.45) is 16.1. The number of hydroxylamine groups is 3. The number of piperidine rings is 1. The number of rotatable bonds is 14. The third kappa shape index (κ3) is 8.77. The first-order valence-corrected chi connectivity index (χ1v) is 13.3. The van der Waals surface area contributed by atoms with Crippen LogP contribution in [-0.4, -0.2) is 32.7 Å². The predicted molar refractivity (Wildman–Crippen MR) is 120 cm³/mol. The van der Waals surface area contributed by atoms with Crippen molar-refractivity contribution in [3.63, 3.8) is 0 Å². The van der Waals surface area contributed by atoms with Gasteiger partial charge in [0.2, 0.25) is 0 Å². The molecule has 1 aliphatic heterocycles. The van der Waals surface area contributed by atoms with Crippen LogP contribution in [0.3, 0.4) is 0 Å². The minimum absolute atomic E-state index is 0.272. The molecule has 0 bridgehead atoms. The van der Waals surface area contributed by atoms with Crippen LogP contribution < -0.4 is 0 Å². The van der Waals surface area contributed by atoms with Gasteiger partial charge in [-0.3, -0.25) is 0 Å². The summed E-state index contributed by atoms with van der Waals surface area (Å²) in [5.41, 5.74) is 1.05. The summed E-state index contributed by atoms with van der Waals surface area (Å²) in [5.74, 6) is 0. The molecule has 0 amide bonds. The zero-order valence-electron chi connectivity index (χ0n) is 18.7. The molecule has 1 aliphatic rings. The van der Waals surface area contributed by atoms with Crippen molar-refractivity contribution in [1.29, 1.82) is 0 Å². The Labute approximate surface area is 179 Å². The summed E-state index contributed by atoms with van der Waals surface area (Å²) in [6, 6.07) is 6.98.